The Morgan fingerprint density at radius 3 is 2.38 bits per heavy atom. The predicted molar refractivity (Wildman–Crippen MR) is 65.9 cm³/mol. The summed E-state index contributed by atoms with van der Waals surface area (Å²) < 4.78 is 1.96. The molecule has 2 N–H and O–H groups in total. The first-order valence-electron chi connectivity index (χ1n) is 5.54. The van der Waals surface area contributed by atoms with Gasteiger partial charge in [0.2, 0.25) is 0 Å². The van der Waals surface area contributed by atoms with Gasteiger partial charge in [-0.1, -0.05) is 24.3 Å². The number of nitrogens with two attached hydrogens (primary N) is 1. The van der Waals surface area contributed by atoms with Crippen molar-refractivity contribution in [1.29, 1.82) is 0 Å². The number of aromatic nitrogens is 2. The van der Waals surface area contributed by atoms with Crippen LogP contribution in [0.5, 0.6) is 0 Å². The molecule has 0 bridgehead atoms. The third kappa shape index (κ3) is 2.14. The Hall–Kier alpha value is -1.61. The molecule has 3 heteroatoms. The zero-order valence-corrected chi connectivity index (χ0v) is 9.72. The maximum absolute atomic E-state index is 5.57. The quantitative estimate of drug-likeness (QED) is 0.855. The van der Waals surface area contributed by atoms with E-state index in [1.165, 1.54) is 5.56 Å². The zero-order chi connectivity index (χ0) is 11.5. The van der Waals surface area contributed by atoms with Gasteiger partial charge in [0, 0.05) is 24.3 Å². The van der Waals surface area contributed by atoms with Gasteiger partial charge in [0.15, 0.2) is 0 Å². The Morgan fingerprint density at radius 2 is 1.88 bits per heavy atom. The van der Waals surface area contributed by atoms with Crippen molar-refractivity contribution in [1.82, 2.24) is 9.78 Å². The van der Waals surface area contributed by atoms with Gasteiger partial charge in [-0.15, -0.1) is 0 Å². The Balaban J connectivity index is 2.28. The lowest BCUT2D eigenvalue weighted by Gasteiger charge is -2.03. The van der Waals surface area contributed by atoms with Gasteiger partial charge < -0.3 is 5.73 Å². The van der Waals surface area contributed by atoms with Gasteiger partial charge in [0.1, 0.15) is 0 Å². The highest BCUT2D eigenvalue weighted by molar-refractivity contribution is 5.61. The van der Waals surface area contributed by atoms with Gasteiger partial charge in [-0.3, -0.25) is 4.68 Å². The summed E-state index contributed by atoms with van der Waals surface area (Å²) in [5, 5.41) is 4.33. The molecule has 1 aromatic carbocycles. The highest BCUT2D eigenvalue weighted by atomic mass is 15.3. The third-order valence-corrected chi connectivity index (χ3v) is 2.65. The standard InChI is InChI=1S/C13H17N3/c1-10(2)16-9-13(8-15-16)12-5-3-11(7-14)4-6-12/h3-6,8-10H,7,14H2,1-2H3. The van der Waals surface area contributed by atoms with Crippen molar-refractivity contribution in [2.45, 2.75) is 26.4 Å². The predicted octanol–water partition coefficient (Wildman–Crippen LogP) is 2.59. The third-order valence-electron chi connectivity index (χ3n) is 2.65. The molecule has 0 aliphatic carbocycles. The first kappa shape index (κ1) is 10.9. The molecule has 84 valence electrons. The molecule has 0 radical (unpaired) electrons. The maximum atomic E-state index is 5.57. The molecular weight excluding hydrogens is 198 g/mol. The highest BCUT2D eigenvalue weighted by Gasteiger charge is 2.03. The molecule has 0 unspecified atom stereocenters. The molecule has 0 saturated carbocycles. The smallest absolute Gasteiger partial charge is 0.0568 e. The van der Waals surface area contributed by atoms with Crippen molar-refractivity contribution in [2.75, 3.05) is 0 Å². The first-order valence-corrected chi connectivity index (χ1v) is 5.54. The minimum atomic E-state index is 0.400. The van der Waals surface area contributed by atoms with E-state index in [1.807, 2.05) is 10.9 Å². The minimum Gasteiger partial charge on any atom is -0.326 e. The van der Waals surface area contributed by atoms with E-state index in [4.69, 9.17) is 5.73 Å². The van der Waals surface area contributed by atoms with E-state index < -0.39 is 0 Å². The molecule has 0 fully saturated rings. The molecule has 1 aromatic heterocycles. The van der Waals surface area contributed by atoms with E-state index in [9.17, 15) is 0 Å². The summed E-state index contributed by atoms with van der Waals surface area (Å²) in [6.07, 6.45) is 3.97. The van der Waals surface area contributed by atoms with Gasteiger partial charge >= 0.3 is 0 Å². The van der Waals surface area contributed by atoms with Crippen LogP contribution < -0.4 is 5.73 Å². The van der Waals surface area contributed by atoms with Crippen LogP contribution in [0.2, 0.25) is 0 Å². The number of rotatable bonds is 3. The van der Waals surface area contributed by atoms with E-state index in [0.29, 0.717) is 12.6 Å². The largest absolute Gasteiger partial charge is 0.326 e. The molecule has 2 rings (SSSR count). The molecule has 0 amide bonds. The topological polar surface area (TPSA) is 43.8 Å². The van der Waals surface area contributed by atoms with Crippen molar-refractivity contribution in [3.8, 4) is 11.1 Å². The van der Waals surface area contributed by atoms with Crippen LogP contribution in [0, 0.1) is 0 Å². The molecular formula is C13H17N3. The minimum absolute atomic E-state index is 0.400. The van der Waals surface area contributed by atoms with Crippen LogP contribution in [0.1, 0.15) is 25.5 Å². The van der Waals surface area contributed by atoms with Crippen LogP contribution in [0.15, 0.2) is 36.7 Å². The molecule has 3 nitrogen and oxygen atoms in total. The van der Waals surface area contributed by atoms with E-state index >= 15 is 0 Å². The van der Waals surface area contributed by atoms with E-state index in [2.05, 4.69) is 49.4 Å². The summed E-state index contributed by atoms with van der Waals surface area (Å²) >= 11 is 0. The first-order chi connectivity index (χ1) is 7.70. The van der Waals surface area contributed by atoms with Crippen molar-refractivity contribution >= 4 is 0 Å². The Morgan fingerprint density at radius 1 is 1.19 bits per heavy atom. The Bertz CT molecular complexity index is 454. The van der Waals surface area contributed by atoms with Crippen LogP contribution in [-0.4, -0.2) is 9.78 Å². The normalized spacial score (nSPS) is 11.0. The van der Waals surface area contributed by atoms with Gasteiger partial charge in [-0.25, -0.2) is 0 Å². The van der Waals surface area contributed by atoms with Gasteiger partial charge in [-0.2, -0.15) is 5.10 Å². The summed E-state index contributed by atoms with van der Waals surface area (Å²) in [7, 11) is 0. The molecule has 2 aromatic rings. The van der Waals surface area contributed by atoms with Crippen molar-refractivity contribution in [2.24, 2.45) is 5.73 Å². The monoisotopic (exact) mass is 215 g/mol. The Labute approximate surface area is 95.9 Å². The van der Waals surface area contributed by atoms with Gasteiger partial charge in [-0.05, 0) is 25.0 Å². The van der Waals surface area contributed by atoms with Crippen molar-refractivity contribution in [3.05, 3.63) is 42.2 Å². The Kier molecular flexibility index (Phi) is 3.06. The SMILES string of the molecule is CC(C)n1cc(-c2ccc(CN)cc2)cn1. The second-order valence-corrected chi connectivity index (χ2v) is 4.20. The highest BCUT2D eigenvalue weighted by Crippen LogP contribution is 2.20. The summed E-state index contributed by atoms with van der Waals surface area (Å²) in [6.45, 7) is 4.83. The van der Waals surface area contributed by atoms with Gasteiger partial charge in [0.25, 0.3) is 0 Å². The average Bonchev–Trinajstić information content (AvgIpc) is 2.78. The van der Waals surface area contributed by atoms with E-state index in [0.717, 1.165) is 11.1 Å². The number of hydrogen-bond donors (Lipinski definition) is 1. The van der Waals surface area contributed by atoms with Crippen LogP contribution in [0.25, 0.3) is 11.1 Å². The molecule has 0 aliphatic heterocycles. The zero-order valence-electron chi connectivity index (χ0n) is 9.72. The van der Waals surface area contributed by atoms with Gasteiger partial charge in [0.05, 0.1) is 6.20 Å². The molecule has 16 heavy (non-hydrogen) atoms. The summed E-state index contributed by atoms with van der Waals surface area (Å²) in [4.78, 5) is 0. The molecule has 0 spiro atoms. The van der Waals surface area contributed by atoms with Crippen molar-refractivity contribution in [3.63, 3.8) is 0 Å². The van der Waals surface area contributed by atoms with Crippen LogP contribution in [0.3, 0.4) is 0 Å². The fraction of sp³-hybridized carbons (Fsp3) is 0.308. The van der Waals surface area contributed by atoms with E-state index in [1.54, 1.807) is 0 Å². The second kappa shape index (κ2) is 4.49. The number of benzene rings is 1. The summed E-state index contributed by atoms with van der Waals surface area (Å²) in [5.41, 5.74) is 9.05. The average molecular weight is 215 g/mol. The van der Waals surface area contributed by atoms with Crippen LogP contribution >= 0.6 is 0 Å². The summed E-state index contributed by atoms with van der Waals surface area (Å²) in [6, 6.07) is 8.69. The lowest BCUT2D eigenvalue weighted by atomic mass is 10.1. The number of hydrogen-bond acceptors (Lipinski definition) is 2. The number of nitrogens with zero attached hydrogens (tertiary/aromatic N) is 2. The molecule has 0 atom stereocenters. The lowest BCUT2D eigenvalue weighted by Crippen LogP contribution is -1.99. The maximum Gasteiger partial charge on any atom is 0.0568 e. The molecule has 0 aliphatic rings. The van der Waals surface area contributed by atoms with Crippen LogP contribution in [0.4, 0.5) is 0 Å². The van der Waals surface area contributed by atoms with E-state index in [-0.39, 0.29) is 0 Å². The van der Waals surface area contributed by atoms with Crippen molar-refractivity contribution < 1.29 is 0 Å². The molecule has 1 heterocycles. The fourth-order valence-corrected chi connectivity index (χ4v) is 1.60. The lowest BCUT2D eigenvalue weighted by molar-refractivity contribution is 0.532. The molecule has 0 saturated heterocycles. The fourth-order valence-electron chi connectivity index (χ4n) is 1.60. The van der Waals surface area contributed by atoms with Crippen LogP contribution in [-0.2, 0) is 6.54 Å². The summed E-state index contributed by atoms with van der Waals surface area (Å²) in [5.74, 6) is 0. The second-order valence-electron chi connectivity index (χ2n) is 4.20.